The highest BCUT2D eigenvalue weighted by Gasteiger charge is 2.56. The Kier molecular flexibility index (Phi) is 14.8. The van der Waals surface area contributed by atoms with Crippen molar-refractivity contribution >= 4 is 42.8 Å². The summed E-state index contributed by atoms with van der Waals surface area (Å²) in [5.41, 5.74) is -4.89. The number of alkyl halides is 2. The molecule has 0 spiro atoms. The standard InChI is InChI=1S/C43H58F2N3O10P/c1-28(29-17-19-32(20-18-29)43(44,45)59(54,57-26-55-38(52)41(5,6)7)58-27-56-39(53)42(8,9)10)24-34(49)46-35(40(2,3)4)37(51)48-22-13-16-33(48)36(50)47-23-21-30-14-11-12-15-31(30)25-47/h11-12,14-15,17-20,24,33,35H,13,16,21-23,25-27H2,1-10H3,(H,46,49)/b28-24+/t33-,35+/m0/s1. The van der Waals surface area contributed by atoms with Gasteiger partial charge in [-0.05, 0) is 95.4 Å². The Labute approximate surface area is 345 Å². The van der Waals surface area contributed by atoms with E-state index in [1.807, 2.05) is 39.0 Å². The smallest absolute Gasteiger partial charge is 0.410 e. The van der Waals surface area contributed by atoms with E-state index in [-0.39, 0.29) is 11.8 Å². The number of hydrogen-bond acceptors (Lipinski definition) is 10. The third-order valence-electron chi connectivity index (χ3n) is 10.1. The number of allylic oxidation sites excluding steroid dienone is 1. The van der Waals surface area contributed by atoms with Crippen LogP contribution in [0.25, 0.3) is 5.57 Å². The third-order valence-corrected chi connectivity index (χ3v) is 11.9. The van der Waals surface area contributed by atoms with Crippen LogP contribution in [0.2, 0.25) is 0 Å². The number of carbonyl (C=O) groups is 5. The fourth-order valence-electron chi connectivity index (χ4n) is 6.48. The average Bonchev–Trinajstić information content (AvgIpc) is 3.65. The quantitative estimate of drug-likeness (QED) is 0.0923. The Morgan fingerprint density at radius 3 is 1.90 bits per heavy atom. The molecule has 1 saturated heterocycles. The molecule has 16 heteroatoms. The fraction of sp³-hybridized carbons (Fsp3) is 0.558. The van der Waals surface area contributed by atoms with Gasteiger partial charge in [-0.15, -0.1) is 0 Å². The van der Waals surface area contributed by atoms with Crippen LogP contribution in [0.4, 0.5) is 8.78 Å². The van der Waals surface area contributed by atoms with Gasteiger partial charge in [0.1, 0.15) is 12.1 Å². The molecule has 2 aliphatic rings. The minimum absolute atomic E-state index is 0.114. The number of hydrogen-bond donors (Lipinski definition) is 1. The van der Waals surface area contributed by atoms with E-state index < -0.39 is 78.6 Å². The van der Waals surface area contributed by atoms with E-state index in [9.17, 15) is 28.5 Å². The molecule has 2 aliphatic heterocycles. The van der Waals surface area contributed by atoms with E-state index in [0.29, 0.717) is 43.6 Å². The molecule has 0 bridgehead atoms. The lowest BCUT2D eigenvalue weighted by atomic mass is 9.85. The van der Waals surface area contributed by atoms with Gasteiger partial charge >= 0.3 is 25.2 Å². The molecule has 59 heavy (non-hydrogen) atoms. The second kappa shape index (κ2) is 18.4. The Morgan fingerprint density at radius 2 is 1.37 bits per heavy atom. The number of nitrogens with one attached hydrogen (secondary N) is 1. The number of halogens is 2. The molecule has 0 radical (unpaired) electrons. The van der Waals surface area contributed by atoms with Crippen LogP contribution in [0.3, 0.4) is 0 Å². The van der Waals surface area contributed by atoms with Gasteiger partial charge in [0.2, 0.25) is 31.3 Å². The summed E-state index contributed by atoms with van der Waals surface area (Å²) in [7, 11) is -5.53. The van der Waals surface area contributed by atoms with Crippen molar-refractivity contribution < 1.29 is 55.8 Å². The molecule has 1 N–H and O–H groups in total. The first-order valence-electron chi connectivity index (χ1n) is 19.6. The molecule has 3 amide bonds. The molecule has 13 nitrogen and oxygen atoms in total. The maximum absolute atomic E-state index is 16.0. The Morgan fingerprint density at radius 1 is 0.831 bits per heavy atom. The SMILES string of the molecule is C/C(=C\C(=O)N[C@H](C(=O)N1CCC[C@H]1C(=O)N1CCc2ccccc2C1)C(C)(C)C)c1ccc(C(F)(F)P(=O)(OCOC(=O)C(C)(C)C)OCOC(=O)C(C)(C)C)cc1. The molecule has 0 unspecified atom stereocenters. The Balaban J connectivity index is 1.48. The van der Waals surface area contributed by atoms with Crippen LogP contribution < -0.4 is 5.32 Å². The molecule has 1 fully saturated rings. The second-order valence-corrected chi connectivity index (χ2v) is 20.1. The van der Waals surface area contributed by atoms with Gasteiger partial charge in [-0.1, -0.05) is 69.3 Å². The molecule has 2 atom stereocenters. The number of carbonyl (C=O) groups excluding carboxylic acids is 5. The number of benzene rings is 2. The predicted molar refractivity (Wildman–Crippen MR) is 216 cm³/mol. The average molecular weight is 846 g/mol. The minimum atomic E-state index is -5.53. The first-order chi connectivity index (χ1) is 27.3. The van der Waals surface area contributed by atoms with Crippen LogP contribution in [-0.4, -0.2) is 78.2 Å². The van der Waals surface area contributed by atoms with Gasteiger partial charge in [0, 0.05) is 31.3 Å². The van der Waals surface area contributed by atoms with Crippen molar-refractivity contribution in [2.45, 2.75) is 113 Å². The maximum Gasteiger partial charge on any atom is 0.410 e. The van der Waals surface area contributed by atoms with Gasteiger partial charge < -0.3 is 24.6 Å². The van der Waals surface area contributed by atoms with Crippen LogP contribution in [0.5, 0.6) is 0 Å². The number of likely N-dealkylation sites (tertiary alicyclic amines) is 1. The molecule has 324 valence electrons. The summed E-state index contributed by atoms with van der Waals surface area (Å²) >= 11 is 0. The van der Waals surface area contributed by atoms with E-state index in [1.54, 1.807) is 16.7 Å². The van der Waals surface area contributed by atoms with Gasteiger partial charge in [0.25, 0.3) is 0 Å². The van der Waals surface area contributed by atoms with Crippen molar-refractivity contribution in [3.63, 3.8) is 0 Å². The van der Waals surface area contributed by atoms with Gasteiger partial charge in [-0.25, -0.2) is 0 Å². The first kappa shape index (κ1) is 47.2. The molecule has 0 saturated carbocycles. The zero-order valence-electron chi connectivity index (χ0n) is 35.7. The normalized spacial score (nSPS) is 17.2. The lowest BCUT2D eigenvalue weighted by Crippen LogP contribution is -2.58. The van der Waals surface area contributed by atoms with Gasteiger partial charge in [0.15, 0.2) is 0 Å². The summed E-state index contributed by atoms with van der Waals surface area (Å²) in [5, 5.41) is 2.82. The van der Waals surface area contributed by atoms with E-state index in [4.69, 9.17) is 18.5 Å². The predicted octanol–water partition coefficient (Wildman–Crippen LogP) is 7.57. The van der Waals surface area contributed by atoms with Crippen molar-refractivity contribution in [3.8, 4) is 0 Å². The Hall–Kier alpha value is -4.46. The number of fused-ring (bicyclic) bond motifs is 1. The van der Waals surface area contributed by atoms with Crippen molar-refractivity contribution in [1.29, 1.82) is 0 Å². The maximum atomic E-state index is 16.0. The number of esters is 2. The van der Waals surface area contributed by atoms with Crippen molar-refractivity contribution in [2.24, 2.45) is 16.2 Å². The number of amides is 3. The van der Waals surface area contributed by atoms with Crippen LogP contribution >= 0.6 is 7.60 Å². The highest BCUT2D eigenvalue weighted by Crippen LogP contribution is 2.67. The van der Waals surface area contributed by atoms with Gasteiger partial charge in [-0.2, -0.15) is 8.78 Å². The number of rotatable bonds is 13. The highest BCUT2D eigenvalue weighted by molar-refractivity contribution is 7.54. The zero-order chi connectivity index (χ0) is 44.1. The lowest BCUT2D eigenvalue weighted by Gasteiger charge is -2.37. The lowest BCUT2D eigenvalue weighted by molar-refractivity contribution is -0.163. The molecule has 4 rings (SSSR count). The summed E-state index contributed by atoms with van der Waals surface area (Å²) < 4.78 is 65.4. The topological polar surface area (TPSA) is 158 Å². The van der Waals surface area contributed by atoms with E-state index in [2.05, 4.69) is 11.4 Å². The summed E-state index contributed by atoms with van der Waals surface area (Å²) in [5.74, 6) is -2.71. The largest absolute Gasteiger partial charge is 0.438 e. The van der Waals surface area contributed by atoms with Crippen LogP contribution in [0.15, 0.2) is 54.6 Å². The minimum Gasteiger partial charge on any atom is -0.438 e. The number of ether oxygens (including phenoxy) is 2. The summed E-state index contributed by atoms with van der Waals surface area (Å²) in [6.07, 6.45) is 3.14. The fourth-order valence-corrected chi connectivity index (χ4v) is 7.73. The molecular formula is C43H58F2N3O10P. The highest BCUT2D eigenvalue weighted by atomic mass is 31.2. The molecule has 2 aromatic rings. The van der Waals surface area contributed by atoms with Crippen molar-refractivity contribution in [1.82, 2.24) is 15.1 Å². The second-order valence-electron chi connectivity index (χ2n) is 18.1. The monoisotopic (exact) mass is 845 g/mol. The van der Waals surface area contributed by atoms with E-state index >= 15 is 8.78 Å². The number of nitrogens with zero attached hydrogens (tertiary/aromatic N) is 2. The van der Waals surface area contributed by atoms with Gasteiger partial charge in [0.05, 0.1) is 10.8 Å². The summed E-state index contributed by atoms with van der Waals surface area (Å²) in [6, 6.07) is 10.8. The Bertz CT molecular complexity index is 1930. The summed E-state index contributed by atoms with van der Waals surface area (Å²) in [4.78, 5) is 69.2. The zero-order valence-corrected chi connectivity index (χ0v) is 36.6. The van der Waals surface area contributed by atoms with Crippen molar-refractivity contribution in [3.05, 3.63) is 76.9 Å². The third kappa shape index (κ3) is 11.6. The van der Waals surface area contributed by atoms with Crippen LogP contribution in [0.1, 0.15) is 104 Å². The van der Waals surface area contributed by atoms with Crippen LogP contribution in [-0.2, 0) is 65.7 Å². The molecule has 0 aromatic heterocycles. The van der Waals surface area contributed by atoms with Gasteiger partial charge in [-0.3, -0.25) is 37.6 Å². The first-order valence-corrected chi connectivity index (χ1v) is 21.2. The van der Waals surface area contributed by atoms with E-state index in [1.165, 1.54) is 65.3 Å². The molecule has 2 heterocycles. The molecule has 2 aromatic carbocycles. The van der Waals surface area contributed by atoms with Crippen LogP contribution in [0, 0.1) is 16.2 Å². The van der Waals surface area contributed by atoms with Crippen molar-refractivity contribution in [2.75, 3.05) is 26.7 Å². The summed E-state index contributed by atoms with van der Waals surface area (Å²) in [6.45, 7) is 15.3. The van der Waals surface area contributed by atoms with E-state index in [0.717, 1.165) is 24.1 Å². The molecular weight excluding hydrogens is 787 g/mol. The molecule has 0 aliphatic carbocycles.